The Hall–Kier alpha value is -2.13. The number of fused-ring (bicyclic) bond motifs is 3. The van der Waals surface area contributed by atoms with Gasteiger partial charge in [-0.3, -0.25) is 9.69 Å². The molecule has 120 valence electrons. The second-order valence-corrected chi connectivity index (χ2v) is 6.29. The number of nitrogens with zero attached hydrogens (tertiary/aromatic N) is 2. The molecule has 0 fully saturated rings. The molecular formula is C20H24N2O. The average Bonchev–Trinajstić information content (AvgIpc) is 2.85. The van der Waals surface area contributed by atoms with Crippen molar-refractivity contribution >= 4 is 16.7 Å². The predicted octanol–water partition coefficient (Wildman–Crippen LogP) is 3.91. The fourth-order valence-electron chi connectivity index (χ4n) is 3.83. The lowest BCUT2D eigenvalue weighted by atomic mass is 9.85. The summed E-state index contributed by atoms with van der Waals surface area (Å²) in [4.78, 5) is 14.9. The van der Waals surface area contributed by atoms with Crippen molar-refractivity contribution in [1.29, 1.82) is 0 Å². The summed E-state index contributed by atoms with van der Waals surface area (Å²) in [5, 5.41) is 1.10. The smallest absolute Gasteiger partial charge is 0.165 e. The molecule has 1 aromatic carbocycles. The zero-order valence-corrected chi connectivity index (χ0v) is 13.8. The summed E-state index contributed by atoms with van der Waals surface area (Å²) in [6.07, 6.45) is 5.42. The summed E-state index contributed by atoms with van der Waals surface area (Å²) in [6, 6.07) is 8.22. The Bertz CT molecular complexity index is 746. The number of benzene rings is 1. The summed E-state index contributed by atoms with van der Waals surface area (Å²) >= 11 is 0. The molecule has 3 heteroatoms. The predicted molar refractivity (Wildman–Crippen MR) is 96.1 cm³/mol. The first kappa shape index (κ1) is 15.8. The minimum atomic E-state index is 0.284. The molecule has 23 heavy (non-hydrogen) atoms. The number of hydrogen-bond donors (Lipinski definition) is 0. The van der Waals surface area contributed by atoms with Gasteiger partial charge in [0.25, 0.3) is 0 Å². The average molecular weight is 308 g/mol. The fourth-order valence-corrected chi connectivity index (χ4v) is 3.83. The Morgan fingerprint density at radius 2 is 1.96 bits per heavy atom. The van der Waals surface area contributed by atoms with E-state index in [1.165, 1.54) is 5.69 Å². The van der Waals surface area contributed by atoms with Crippen LogP contribution in [-0.4, -0.2) is 34.9 Å². The van der Waals surface area contributed by atoms with Gasteiger partial charge in [-0.15, -0.1) is 13.2 Å². The van der Waals surface area contributed by atoms with Crippen molar-refractivity contribution in [3.05, 3.63) is 60.8 Å². The van der Waals surface area contributed by atoms with Crippen molar-refractivity contribution in [2.75, 3.05) is 19.6 Å². The number of carbonyl (C=O) groups is 1. The summed E-state index contributed by atoms with van der Waals surface area (Å²) in [6.45, 7) is 10.3. The molecule has 1 heterocycles. The molecule has 3 nitrogen and oxygen atoms in total. The molecule has 0 radical (unpaired) electrons. The lowest BCUT2D eigenvalue weighted by molar-refractivity contribution is 0.0963. The van der Waals surface area contributed by atoms with Crippen molar-refractivity contribution in [2.24, 2.45) is 7.05 Å². The van der Waals surface area contributed by atoms with Crippen LogP contribution in [0.2, 0.25) is 0 Å². The highest BCUT2D eigenvalue weighted by Gasteiger charge is 2.32. The van der Waals surface area contributed by atoms with E-state index in [9.17, 15) is 4.79 Å². The number of para-hydroxylation sites is 1. The first-order chi connectivity index (χ1) is 11.2. The second-order valence-electron chi connectivity index (χ2n) is 6.29. The van der Waals surface area contributed by atoms with Crippen LogP contribution in [0.25, 0.3) is 10.9 Å². The van der Waals surface area contributed by atoms with E-state index in [2.05, 4.69) is 41.8 Å². The summed E-state index contributed by atoms with van der Waals surface area (Å²) < 4.78 is 2.21. The minimum absolute atomic E-state index is 0.284. The summed E-state index contributed by atoms with van der Waals surface area (Å²) in [5.74, 6) is 0.659. The maximum atomic E-state index is 12.5. The molecule has 0 spiro atoms. The molecule has 0 aliphatic heterocycles. The maximum absolute atomic E-state index is 12.5. The Kier molecular flexibility index (Phi) is 4.49. The van der Waals surface area contributed by atoms with E-state index in [0.717, 1.165) is 42.5 Å². The van der Waals surface area contributed by atoms with Crippen LogP contribution < -0.4 is 0 Å². The van der Waals surface area contributed by atoms with E-state index in [1.54, 1.807) is 0 Å². The molecular weight excluding hydrogens is 284 g/mol. The lowest BCUT2D eigenvalue weighted by Crippen LogP contribution is -2.32. The van der Waals surface area contributed by atoms with Crippen molar-refractivity contribution in [1.82, 2.24) is 9.47 Å². The Labute approximate surface area is 137 Å². The molecule has 3 rings (SSSR count). The highest BCUT2D eigenvalue weighted by Crippen LogP contribution is 2.38. The van der Waals surface area contributed by atoms with Gasteiger partial charge in [0.15, 0.2) is 5.78 Å². The first-order valence-electron chi connectivity index (χ1n) is 8.22. The van der Waals surface area contributed by atoms with Crippen LogP contribution in [0.4, 0.5) is 0 Å². The largest absolute Gasteiger partial charge is 0.347 e. The number of aryl methyl sites for hydroxylation is 1. The highest BCUT2D eigenvalue weighted by molar-refractivity contribution is 6.10. The van der Waals surface area contributed by atoms with Gasteiger partial charge in [0.1, 0.15) is 0 Å². The van der Waals surface area contributed by atoms with E-state index in [0.29, 0.717) is 12.3 Å². The zero-order valence-electron chi connectivity index (χ0n) is 13.8. The number of Topliss-reactive ketones (excluding diaryl/α,β-unsaturated/α-hetero) is 1. The zero-order chi connectivity index (χ0) is 16.4. The maximum Gasteiger partial charge on any atom is 0.165 e. The molecule has 0 unspecified atom stereocenters. The van der Waals surface area contributed by atoms with Crippen molar-refractivity contribution < 1.29 is 4.79 Å². The number of hydrogen-bond acceptors (Lipinski definition) is 2. The third-order valence-electron chi connectivity index (χ3n) is 4.79. The highest BCUT2D eigenvalue weighted by atomic mass is 16.1. The van der Waals surface area contributed by atoms with Gasteiger partial charge in [0.05, 0.1) is 0 Å². The van der Waals surface area contributed by atoms with E-state index < -0.39 is 0 Å². The van der Waals surface area contributed by atoms with Gasteiger partial charge in [-0.1, -0.05) is 30.4 Å². The molecule has 2 aromatic rings. The second kappa shape index (κ2) is 6.55. The Morgan fingerprint density at radius 3 is 2.65 bits per heavy atom. The van der Waals surface area contributed by atoms with E-state index in [1.807, 2.05) is 24.3 Å². The third-order valence-corrected chi connectivity index (χ3v) is 4.79. The van der Waals surface area contributed by atoms with E-state index in [-0.39, 0.29) is 5.78 Å². The molecule has 1 aliphatic carbocycles. The Balaban J connectivity index is 2.03. The van der Waals surface area contributed by atoms with Gasteiger partial charge in [-0.25, -0.2) is 0 Å². The van der Waals surface area contributed by atoms with Crippen molar-refractivity contribution in [3.8, 4) is 0 Å². The molecule has 1 atom stereocenters. The quantitative estimate of drug-likeness (QED) is 0.756. The minimum Gasteiger partial charge on any atom is -0.347 e. The van der Waals surface area contributed by atoms with Crippen LogP contribution >= 0.6 is 0 Å². The first-order valence-corrected chi connectivity index (χ1v) is 8.22. The fraction of sp³-hybridized carbons (Fsp3) is 0.350. The van der Waals surface area contributed by atoms with Crippen LogP contribution in [-0.2, 0) is 7.05 Å². The normalized spacial score (nSPS) is 17.5. The molecule has 0 saturated carbocycles. The van der Waals surface area contributed by atoms with Gasteiger partial charge >= 0.3 is 0 Å². The molecule has 0 saturated heterocycles. The van der Waals surface area contributed by atoms with Gasteiger partial charge in [0, 0.05) is 61.2 Å². The molecule has 0 N–H and O–H groups in total. The Morgan fingerprint density at radius 1 is 1.26 bits per heavy atom. The van der Waals surface area contributed by atoms with Crippen LogP contribution in [0.3, 0.4) is 0 Å². The SMILES string of the molecule is C=CCN(CC=C)C[C@@H]1CCC(=O)c2c1n(C)c1ccccc21. The number of aromatic nitrogens is 1. The molecule has 1 aromatic heterocycles. The summed E-state index contributed by atoms with van der Waals surface area (Å²) in [5.41, 5.74) is 3.29. The standard InChI is InChI=1S/C20H24N2O/c1-4-12-22(13-5-2)14-15-10-11-18(23)19-16-8-6-7-9-17(16)21(3)20(15)19/h4-9,15H,1-2,10-14H2,3H3/t15-/m0/s1. The van der Waals surface area contributed by atoms with Crippen LogP contribution in [0.1, 0.15) is 34.8 Å². The third kappa shape index (κ3) is 2.77. The monoisotopic (exact) mass is 308 g/mol. The van der Waals surface area contributed by atoms with Gasteiger partial charge < -0.3 is 4.57 Å². The van der Waals surface area contributed by atoms with Gasteiger partial charge in [0.2, 0.25) is 0 Å². The van der Waals surface area contributed by atoms with Crippen LogP contribution in [0.5, 0.6) is 0 Å². The summed E-state index contributed by atoms with van der Waals surface area (Å²) in [7, 11) is 2.08. The van der Waals surface area contributed by atoms with E-state index >= 15 is 0 Å². The van der Waals surface area contributed by atoms with Gasteiger partial charge in [-0.2, -0.15) is 0 Å². The van der Waals surface area contributed by atoms with Crippen LogP contribution in [0, 0.1) is 0 Å². The van der Waals surface area contributed by atoms with Crippen LogP contribution in [0.15, 0.2) is 49.6 Å². The topological polar surface area (TPSA) is 25.2 Å². The molecule has 1 aliphatic rings. The number of carbonyl (C=O) groups excluding carboxylic acids is 1. The van der Waals surface area contributed by atoms with E-state index in [4.69, 9.17) is 0 Å². The number of rotatable bonds is 6. The molecule has 0 amide bonds. The number of ketones is 1. The lowest BCUT2D eigenvalue weighted by Gasteiger charge is -2.29. The van der Waals surface area contributed by atoms with Crippen molar-refractivity contribution in [3.63, 3.8) is 0 Å². The van der Waals surface area contributed by atoms with Crippen molar-refractivity contribution in [2.45, 2.75) is 18.8 Å². The molecule has 0 bridgehead atoms. The van der Waals surface area contributed by atoms with Gasteiger partial charge in [-0.05, 0) is 12.5 Å².